The molecule has 1 N–H and O–H groups in total. The van der Waals surface area contributed by atoms with Gasteiger partial charge in [0.1, 0.15) is 0 Å². The Morgan fingerprint density at radius 1 is 1.07 bits per heavy atom. The first-order valence-electron chi connectivity index (χ1n) is 6.66. The Morgan fingerprint density at radius 2 is 1.80 bits per heavy atom. The highest BCUT2D eigenvalue weighted by molar-refractivity contribution is 5.29. The highest BCUT2D eigenvalue weighted by atomic mass is 16.3. The van der Waals surface area contributed by atoms with Crippen molar-refractivity contribution >= 4 is 0 Å². The van der Waals surface area contributed by atoms with Crippen LogP contribution in [-0.2, 0) is 0 Å². The minimum absolute atomic E-state index is 0.173. The molecule has 15 heavy (non-hydrogen) atoms. The van der Waals surface area contributed by atoms with Crippen LogP contribution in [0.1, 0.15) is 46.5 Å². The van der Waals surface area contributed by atoms with Crippen molar-refractivity contribution in [1.82, 2.24) is 0 Å². The number of fused-ring (bicyclic) bond motifs is 1. The summed E-state index contributed by atoms with van der Waals surface area (Å²) in [6.07, 6.45) is 5.05. The van der Waals surface area contributed by atoms with Crippen LogP contribution in [0.4, 0.5) is 0 Å². The molecule has 5 rings (SSSR count). The lowest BCUT2D eigenvalue weighted by Crippen LogP contribution is -2.67. The molecule has 1 heteroatoms. The molecule has 0 aromatic rings. The Morgan fingerprint density at radius 3 is 2.53 bits per heavy atom. The van der Waals surface area contributed by atoms with Crippen LogP contribution in [0.15, 0.2) is 0 Å². The van der Waals surface area contributed by atoms with E-state index in [0.29, 0.717) is 0 Å². The number of hydrogen-bond donors (Lipinski definition) is 1. The molecule has 5 aliphatic rings. The third-order valence-corrected chi connectivity index (χ3v) is 7.18. The van der Waals surface area contributed by atoms with Gasteiger partial charge in [-0.3, -0.25) is 0 Å². The highest BCUT2D eigenvalue weighted by Crippen LogP contribution is 2.83. The zero-order chi connectivity index (χ0) is 10.6. The van der Waals surface area contributed by atoms with Gasteiger partial charge in [-0.05, 0) is 54.8 Å². The van der Waals surface area contributed by atoms with Crippen molar-refractivity contribution in [3.63, 3.8) is 0 Å². The van der Waals surface area contributed by atoms with E-state index in [2.05, 4.69) is 20.8 Å². The van der Waals surface area contributed by atoms with Crippen LogP contribution in [-0.4, -0.2) is 10.7 Å². The van der Waals surface area contributed by atoms with Gasteiger partial charge in [0.15, 0.2) is 0 Å². The van der Waals surface area contributed by atoms with Crippen LogP contribution < -0.4 is 0 Å². The molecule has 0 radical (unpaired) electrons. The highest BCUT2D eigenvalue weighted by Gasteiger charge is 2.81. The van der Waals surface area contributed by atoms with Gasteiger partial charge in [0.25, 0.3) is 0 Å². The standard InChI is InChI=1S/C14H22O/c1-12(2)9-5-6-13(3)11-8(10(9)11)4-7-14(12,13)15/h8-11,15H,4-7H2,1-3H3. The summed E-state index contributed by atoms with van der Waals surface area (Å²) in [6.45, 7) is 7.07. The maximum atomic E-state index is 11.2. The second-order valence-electron chi connectivity index (χ2n) is 7.45. The summed E-state index contributed by atoms with van der Waals surface area (Å²) in [5.74, 6) is 3.69. The lowest BCUT2D eigenvalue weighted by molar-refractivity contribution is -0.250. The maximum Gasteiger partial charge on any atom is 0.0757 e. The molecule has 6 atom stereocenters. The molecule has 5 saturated carbocycles. The monoisotopic (exact) mass is 206 g/mol. The van der Waals surface area contributed by atoms with Crippen molar-refractivity contribution in [2.75, 3.05) is 0 Å². The smallest absolute Gasteiger partial charge is 0.0757 e. The molecular weight excluding hydrogens is 184 g/mol. The summed E-state index contributed by atoms with van der Waals surface area (Å²) in [5, 5.41) is 11.2. The van der Waals surface area contributed by atoms with Crippen molar-refractivity contribution in [2.24, 2.45) is 34.5 Å². The van der Waals surface area contributed by atoms with Gasteiger partial charge in [-0.1, -0.05) is 20.8 Å². The van der Waals surface area contributed by atoms with E-state index in [-0.39, 0.29) is 16.4 Å². The van der Waals surface area contributed by atoms with Crippen LogP contribution in [0, 0.1) is 34.5 Å². The first-order chi connectivity index (χ1) is 6.93. The Balaban J connectivity index is 1.97. The predicted octanol–water partition coefficient (Wildman–Crippen LogP) is 2.83. The SMILES string of the molecule is CC1(C)C2CCC3(C)C4C(CCC13O)C24. The molecular formula is C14H22O. The molecule has 0 saturated heterocycles. The molecule has 0 aromatic carbocycles. The maximum absolute atomic E-state index is 11.2. The molecule has 0 heterocycles. The normalized spacial score (nSPS) is 68.0. The van der Waals surface area contributed by atoms with E-state index in [1.807, 2.05) is 0 Å². The van der Waals surface area contributed by atoms with Crippen molar-refractivity contribution in [3.05, 3.63) is 0 Å². The Kier molecular flexibility index (Phi) is 1.23. The largest absolute Gasteiger partial charge is 0.389 e. The molecule has 0 aromatic heterocycles. The molecule has 1 nitrogen and oxygen atoms in total. The summed E-state index contributed by atoms with van der Waals surface area (Å²) in [5.41, 5.74) is 0.0856. The Bertz CT molecular complexity index is 347. The minimum Gasteiger partial charge on any atom is -0.389 e. The fourth-order valence-corrected chi connectivity index (χ4v) is 6.38. The average molecular weight is 206 g/mol. The summed E-state index contributed by atoms with van der Waals surface area (Å²) in [4.78, 5) is 0. The van der Waals surface area contributed by atoms with Crippen molar-refractivity contribution in [1.29, 1.82) is 0 Å². The molecule has 0 spiro atoms. The van der Waals surface area contributed by atoms with Crippen LogP contribution in [0.2, 0.25) is 0 Å². The zero-order valence-corrected chi connectivity index (χ0v) is 10.1. The van der Waals surface area contributed by atoms with Gasteiger partial charge >= 0.3 is 0 Å². The van der Waals surface area contributed by atoms with Crippen LogP contribution in [0.25, 0.3) is 0 Å². The average Bonchev–Trinajstić information content (AvgIpc) is 2.87. The fourth-order valence-electron chi connectivity index (χ4n) is 6.38. The van der Waals surface area contributed by atoms with E-state index in [1.165, 1.54) is 19.3 Å². The third-order valence-electron chi connectivity index (χ3n) is 7.18. The van der Waals surface area contributed by atoms with Gasteiger partial charge in [-0.2, -0.15) is 0 Å². The molecule has 0 amide bonds. The topological polar surface area (TPSA) is 20.2 Å². The fraction of sp³-hybridized carbons (Fsp3) is 1.00. The van der Waals surface area contributed by atoms with Crippen LogP contribution in [0.5, 0.6) is 0 Å². The van der Waals surface area contributed by atoms with Gasteiger partial charge in [-0.15, -0.1) is 0 Å². The number of aliphatic hydroxyl groups is 1. The summed E-state index contributed by atoms with van der Waals surface area (Å²) >= 11 is 0. The summed E-state index contributed by atoms with van der Waals surface area (Å²) in [6, 6.07) is 0. The Hall–Kier alpha value is -0.0400. The van der Waals surface area contributed by atoms with Gasteiger partial charge in [0, 0.05) is 5.41 Å². The molecule has 0 aliphatic heterocycles. The first-order valence-corrected chi connectivity index (χ1v) is 6.66. The second-order valence-corrected chi connectivity index (χ2v) is 7.45. The van der Waals surface area contributed by atoms with Crippen molar-refractivity contribution < 1.29 is 5.11 Å². The summed E-state index contributed by atoms with van der Waals surface area (Å²) in [7, 11) is 0. The molecule has 6 unspecified atom stereocenters. The van der Waals surface area contributed by atoms with Gasteiger partial charge in [0.05, 0.1) is 5.60 Å². The molecule has 4 bridgehead atoms. The van der Waals surface area contributed by atoms with E-state index in [1.54, 1.807) is 0 Å². The van der Waals surface area contributed by atoms with Crippen molar-refractivity contribution in [2.45, 2.75) is 52.1 Å². The quantitative estimate of drug-likeness (QED) is 0.646. The lowest BCUT2D eigenvalue weighted by Gasteiger charge is -2.65. The molecule has 84 valence electrons. The van der Waals surface area contributed by atoms with Crippen LogP contribution >= 0.6 is 0 Å². The molecule has 5 aliphatic carbocycles. The molecule has 5 fully saturated rings. The third kappa shape index (κ3) is 0.638. The van der Waals surface area contributed by atoms with Gasteiger partial charge in [0.2, 0.25) is 0 Å². The lowest BCUT2D eigenvalue weighted by atomic mass is 9.42. The van der Waals surface area contributed by atoms with E-state index in [0.717, 1.165) is 30.1 Å². The van der Waals surface area contributed by atoms with Crippen LogP contribution in [0.3, 0.4) is 0 Å². The van der Waals surface area contributed by atoms with E-state index in [9.17, 15) is 5.11 Å². The zero-order valence-electron chi connectivity index (χ0n) is 10.1. The van der Waals surface area contributed by atoms with E-state index in [4.69, 9.17) is 0 Å². The first kappa shape index (κ1) is 9.04. The number of rotatable bonds is 0. The predicted molar refractivity (Wildman–Crippen MR) is 59.3 cm³/mol. The summed E-state index contributed by atoms with van der Waals surface area (Å²) < 4.78 is 0. The Labute approximate surface area is 92.3 Å². The minimum atomic E-state index is -0.350. The van der Waals surface area contributed by atoms with E-state index >= 15 is 0 Å². The second kappa shape index (κ2) is 2.03. The van der Waals surface area contributed by atoms with Gasteiger partial charge < -0.3 is 5.11 Å². The number of hydrogen-bond acceptors (Lipinski definition) is 1. The van der Waals surface area contributed by atoms with Gasteiger partial charge in [-0.25, -0.2) is 0 Å². The van der Waals surface area contributed by atoms with Crippen molar-refractivity contribution in [3.8, 4) is 0 Å². The van der Waals surface area contributed by atoms with E-state index < -0.39 is 0 Å².